The molecule has 128 valence electrons. The second kappa shape index (κ2) is 6.10. The normalized spacial score (nSPS) is 28.2. The lowest BCUT2D eigenvalue weighted by atomic mass is 9.78. The first kappa shape index (κ1) is 16.8. The van der Waals surface area contributed by atoms with Crippen LogP contribution in [0.3, 0.4) is 0 Å². The van der Waals surface area contributed by atoms with E-state index in [0.717, 1.165) is 56.3 Å². The highest BCUT2D eigenvalue weighted by Crippen LogP contribution is 2.44. The fourth-order valence-electron chi connectivity index (χ4n) is 4.14. The highest BCUT2D eigenvalue weighted by Gasteiger charge is 2.37. The van der Waals surface area contributed by atoms with Gasteiger partial charge in [-0.15, -0.1) is 13.1 Å². The number of hydrogen-bond acceptors (Lipinski definition) is 1. The summed E-state index contributed by atoms with van der Waals surface area (Å²) in [6, 6.07) is 4.28. The van der Waals surface area contributed by atoms with Crippen LogP contribution >= 0.6 is 0 Å². The van der Waals surface area contributed by atoms with Crippen LogP contribution in [0.25, 0.3) is 5.32 Å². The molecular formula is C18H24F3N2-. The van der Waals surface area contributed by atoms with Crippen LogP contribution in [0.5, 0.6) is 0 Å². The lowest BCUT2D eigenvalue weighted by molar-refractivity contribution is -0.137. The maximum Gasteiger partial charge on any atom is 0.416 e. The summed E-state index contributed by atoms with van der Waals surface area (Å²) < 4.78 is 39.1. The van der Waals surface area contributed by atoms with Crippen molar-refractivity contribution in [1.82, 2.24) is 4.90 Å². The van der Waals surface area contributed by atoms with Gasteiger partial charge in [0.05, 0.1) is 5.56 Å². The molecule has 0 radical (unpaired) electrons. The molecule has 1 aromatic carbocycles. The molecule has 0 aromatic heterocycles. The van der Waals surface area contributed by atoms with E-state index in [4.69, 9.17) is 0 Å². The first-order valence-electron chi connectivity index (χ1n) is 8.32. The van der Waals surface area contributed by atoms with Crippen LogP contribution in [0.4, 0.5) is 13.2 Å². The lowest BCUT2D eigenvalue weighted by Gasteiger charge is -2.50. The topological polar surface area (TPSA) is 17.3 Å². The molecule has 0 amide bonds. The molecule has 0 unspecified atom stereocenters. The number of alkyl halides is 3. The van der Waals surface area contributed by atoms with E-state index in [1.165, 1.54) is 12.1 Å². The summed E-state index contributed by atoms with van der Waals surface area (Å²) >= 11 is 0. The molecule has 2 atom stereocenters. The van der Waals surface area contributed by atoms with Gasteiger partial charge in [0.25, 0.3) is 0 Å². The number of halogens is 3. The van der Waals surface area contributed by atoms with Gasteiger partial charge in [0.1, 0.15) is 0 Å². The molecule has 0 saturated carbocycles. The molecule has 1 aliphatic heterocycles. The summed E-state index contributed by atoms with van der Waals surface area (Å²) in [7, 11) is 4.14. The molecule has 1 aliphatic carbocycles. The van der Waals surface area contributed by atoms with Gasteiger partial charge in [-0.3, -0.25) is 0 Å². The fraction of sp³-hybridized carbons (Fsp3) is 0.667. The van der Waals surface area contributed by atoms with Crippen LogP contribution in [-0.2, 0) is 12.6 Å². The molecule has 0 bridgehead atoms. The Hall–Kier alpha value is -1.07. The molecule has 1 fully saturated rings. The van der Waals surface area contributed by atoms with Crippen molar-refractivity contribution in [2.75, 3.05) is 27.2 Å². The van der Waals surface area contributed by atoms with Crippen LogP contribution in [0.1, 0.15) is 48.3 Å². The van der Waals surface area contributed by atoms with E-state index in [2.05, 4.69) is 24.3 Å². The maximum absolute atomic E-state index is 13.0. The minimum absolute atomic E-state index is 0.00123. The van der Waals surface area contributed by atoms with E-state index >= 15 is 0 Å². The summed E-state index contributed by atoms with van der Waals surface area (Å²) in [6.07, 6.45) is 0.624. The minimum Gasteiger partial charge on any atom is -0.661 e. The predicted octanol–water partition coefficient (Wildman–Crippen LogP) is 4.59. The number of fused-ring (bicyclic) bond motifs is 1. The summed E-state index contributed by atoms with van der Waals surface area (Å²) in [6.45, 7) is 1.71. The third-order valence-corrected chi connectivity index (χ3v) is 5.61. The van der Waals surface area contributed by atoms with Crippen LogP contribution in [0, 0.1) is 0 Å². The molecule has 2 aliphatic rings. The number of aryl methyl sites for hydroxylation is 1. The Morgan fingerprint density at radius 3 is 2.70 bits per heavy atom. The number of rotatable bonds is 3. The number of hydrogen-bond donors (Lipinski definition) is 0. The second-order valence-electron chi connectivity index (χ2n) is 7.18. The number of benzene rings is 1. The van der Waals surface area contributed by atoms with Crippen molar-refractivity contribution < 1.29 is 13.2 Å². The lowest BCUT2D eigenvalue weighted by Crippen LogP contribution is -2.50. The van der Waals surface area contributed by atoms with Crippen molar-refractivity contribution in [2.45, 2.75) is 49.7 Å². The monoisotopic (exact) mass is 325 g/mol. The molecular weight excluding hydrogens is 301 g/mol. The Labute approximate surface area is 136 Å². The molecule has 1 saturated heterocycles. The third kappa shape index (κ3) is 3.26. The van der Waals surface area contributed by atoms with E-state index in [0.29, 0.717) is 0 Å². The van der Waals surface area contributed by atoms with Gasteiger partial charge in [0.2, 0.25) is 0 Å². The maximum atomic E-state index is 13.0. The van der Waals surface area contributed by atoms with Crippen LogP contribution in [0.2, 0.25) is 0 Å². The quantitative estimate of drug-likeness (QED) is 0.794. The highest BCUT2D eigenvalue weighted by atomic mass is 19.4. The summed E-state index contributed by atoms with van der Waals surface area (Å²) in [4.78, 5) is 2.24. The van der Waals surface area contributed by atoms with E-state index in [-0.39, 0.29) is 11.5 Å². The van der Waals surface area contributed by atoms with Crippen molar-refractivity contribution >= 4 is 0 Å². The largest absolute Gasteiger partial charge is 0.661 e. The van der Waals surface area contributed by atoms with Gasteiger partial charge in [-0.25, -0.2) is 0 Å². The predicted molar refractivity (Wildman–Crippen MR) is 85.9 cm³/mol. The van der Waals surface area contributed by atoms with Gasteiger partial charge in [-0.05, 0) is 69.0 Å². The Balaban J connectivity index is 1.86. The van der Waals surface area contributed by atoms with Gasteiger partial charge in [0, 0.05) is 5.54 Å². The Morgan fingerprint density at radius 1 is 1.30 bits per heavy atom. The molecule has 0 N–H and O–H groups in total. The van der Waals surface area contributed by atoms with Crippen molar-refractivity contribution in [3.63, 3.8) is 0 Å². The third-order valence-electron chi connectivity index (χ3n) is 5.61. The van der Waals surface area contributed by atoms with Crippen molar-refractivity contribution in [2.24, 2.45) is 0 Å². The van der Waals surface area contributed by atoms with Crippen molar-refractivity contribution in [1.29, 1.82) is 0 Å². The minimum atomic E-state index is -4.26. The van der Waals surface area contributed by atoms with Crippen LogP contribution < -0.4 is 0 Å². The van der Waals surface area contributed by atoms with E-state index in [9.17, 15) is 13.2 Å². The van der Waals surface area contributed by atoms with Crippen molar-refractivity contribution in [3.8, 4) is 0 Å². The zero-order valence-electron chi connectivity index (χ0n) is 13.8. The van der Waals surface area contributed by atoms with Gasteiger partial charge in [0.15, 0.2) is 0 Å². The highest BCUT2D eigenvalue weighted by molar-refractivity contribution is 5.40. The average molecular weight is 325 g/mol. The van der Waals surface area contributed by atoms with E-state index < -0.39 is 11.7 Å². The molecule has 5 heteroatoms. The number of likely N-dealkylation sites (N-methyl/N-ethyl adjacent to an activating group) is 1. The van der Waals surface area contributed by atoms with E-state index in [1.807, 2.05) is 0 Å². The summed E-state index contributed by atoms with van der Waals surface area (Å²) in [5.74, 6) is 0.211. The molecule has 2 nitrogen and oxygen atoms in total. The number of nitrogens with zero attached hydrogens (tertiary/aromatic N) is 2. The molecule has 0 spiro atoms. The molecule has 1 aromatic rings. The van der Waals surface area contributed by atoms with Crippen LogP contribution in [0.15, 0.2) is 18.2 Å². The Morgan fingerprint density at radius 2 is 2.09 bits per heavy atom. The first-order valence-corrected chi connectivity index (χ1v) is 8.32. The van der Waals surface area contributed by atoms with Gasteiger partial charge >= 0.3 is 6.18 Å². The SMILES string of the molecule is CN(C)[C@]1(C[C@@H]2CCc3ccc(C(F)(F)F)cc32)CCC[N-]C1. The first-order chi connectivity index (χ1) is 10.8. The smallest absolute Gasteiger partial charge is 0.416 e. The fourth-order valence-corrected chi connectivity index (χ4v) is 4.14. The van der Waals surface area contributed by atoms with E-state index in [1.54, 1.807) is 6.07 Å². The van der Waals surface area contributed by atoms with Crippen molar-refractivity contribution in [3.05, 3.63) is 40.2 Å². The second-order valence-corrected chi connectivity index (χ2v) is 7.18. The summed E-state index contributed by atoms with van der Waals surface area (Å²) in [5, 5.41) is 4.59. The molecule has 3 rings (SSSR count). The standard InChI is InChI=1S/C18H24F3N2/c1-23(2)17(8-3-9-22-12-17)11-14-5-4-13-6-7-15(10-16(13)14)18(19,20)21/h6-7,10,14H,3-5,8-9,11-12H2,1-2H3/q-1/t14-,17-/m0/s1. The van der Waals surface area contributed by atoms with Gasteiger partial charge in [-0.2, -0.15) is 13.2 Å². The van der Waals surface area contributed by atoms with Crippen LogP contribution in [-0.4, -0.2) is 37.6 Å². The number of piperidine rings is 1. The molecule has 1 heterocycles. The zero-order valence-corrected chi connectivity index (χ0v) is 13.8. The molecule has 23 heavy (non-hydrogen) atoms. The average Bonchev–Trinajstić information content (AvgIpc) is 2.89. The summed E-state index contributed by atoms with van der Waals surface area (Å²) in [5.41, 5.74) is 1.48. The Bertz CT molecular complexity index is 560. The Kier molecular flexibility index (Phi) is 4.45. The van der Waals surface area contributed by atoms with Gasteiger partial charge in [-0.1, -0.05) is 12.5 Å². The van der Waals surface area contributed by atoms with Gasteiger partial charge < -0.3 is 10.2 Å². The zero-order chi connectivity index (χ0) is 16.7.